The van der Waals surface area contributed by atoms with E-state index < -0.39 is 24.0 Å². The van der Waals surface area contributed by atoms with Gasteiger partial charge >= 0.3 is 12.1 Å². The predicted molar refractivity (Wildman–Crippen MR) is 114 cm³/mol. The van der Waals surface area contributed by atoms with Crippen LogP contribution in [0.2, 0.25) is 0 Å². The Morgan fingerprint density at radius 2 is 1.61 bits per heavy atom. The van der Waals surface area contributed by atoms with Crippen LogP contribution in [0.4, 0.5) is 4.79 Å². The molecule has 2 aromatic carbocycles. The minimum Gasteiger partial charge on any atom is -0.481 e. The minimum atomic E-state index is -1.04. The molecule has 3 N–H and O–H groups in total. The maximum atomic E-state index is 13.0. The van der Waals surface area contributed by atoms with Crippen LogP contribution in [0.15, 0.2) is 48.5 Å². The number of carboxylic acids is 1. The average Bonchev–Trinajstić information content (AvgIpc) is 3.52. The van der Waals surface area contributed by atoms with Crippen LogP contribution in [-0.4, -0.2) is 47.2 Å². The molecule has 1 atom stereocenters. The Labute approximate surface area is 180 Å². The van der Waals surface area contributed by atoms with E-state index in [1.807, 2.05) is 36.4 Å². The monoisotopic (exact) mass is 422 g/mol. The van der Waals surface area contributed by atoms with Crippen LogP contribution >= 0.6 is 0 Å². The molecule has 7 nitrogen and oxygen atoms in total. The Bertz CT molecular complexity index is 955. The van der Waals surface area contributed by atoms with Gasteiger partial charge in [-0.1, -0.05) is 48.5 Å². The van der Waals surface area contributed by atoms with Gasteiger partial charge in [0.05, 0.1) is 0 Å². The Morgan fingerprint density at radius 1 is 1.03 bits per heavy atom. The van der Waals surface area contributed by atoms with Crippen molar-refractivity contribution in [1.82, 2.24) is 4.90 Å². The summed E-state index contributed by atoms with van der Waals surface area (Å²) < 4.78 is 5.70. The summed E-state index contributed by atoms with van der Waals surface area (Å²) in [5.74, 6) is -1.54. The summed E-state index contributed by atoms with van der Waals surface area (Å²) in [5, 5.41) is 9.00. The van der Waals surface area contributed by atoms with E-state index in [-0.39, 0.29) is 25.4 Å². The Kier molecular flexibility index (Phi) is 5.93. The number of ether oxygens (including phenoxy) is 1. The SMILES string of the molecule is NC(=O)[C@H](CCC(=O)O)N(CC1CC1)C(=O)OCC1c2ccccc2-c2ccccc21. The zero-order valence-corrected chi connectivity index (χ0v) is 17.2. The molecule has 4 rings (SSSR count). The van der Waals surface area contributed by atoms with Crippen molar-refractivity contribution in [3.8, 4) is 11.1 Å². The lowest BCUT2D eigenvalue weighted by molar-refractivity contribution is -0.137. The van der Waals surface area contributed by atoms with Crippen molar-refractivity contribution < 1.29 is 24.2 Å². The number of aliphatic carboxylic acids is 1. The second-order valence-electron chi connectivity index (χ2n) is 8.25. The van der Waals surface area contributed by atoms with Gasteiger partial charge in [-0.25, -0.2) is 4.79 Å². The molecule has 0 spiro atoms. The second kappa shape index (κ2) is 8.79. The number of hydrogen-bond donors (Lipinski definition) is 2. The third kappa shape index (κ3) is 4.55. The lowest BCUT2D eigenvalue weighted by atomic mass is 9.98. The van der Waals surface area contributed by atoms with Crippen LogP contribution in [0.1, 0.15) is 42.7 Å². The van der Waals surface area contributed by atoms with E-state index in [0.717, 1.165) is 35.1 Å². The summed E-state index contributed by atoms with van der Waals surface area (Å²) in [6.07, 6.45) is 1.05. The first-order chi connectivity index (χ1) is 15.0. The molecule has 2 aliphatic carbocycles. The lowest BCUT2D eigenvalue weighted by Crippen LogP contribution is -2.49. The predicted octanol–water partition coefficient (Wildman–Crippen LogP) is 3.37. The number of carbonyl (C=O) groups excluding carboxylic acids is 2. The normalized spacial score (nSPS) is 15.6. The number of benzene rings is 2. The highest BCUT2D eigenvalue weighted by Gasteiger charge is 2.36. The summed E-state index contributed by atoms with van der Waals surface area (Å²) in [6.45, 7) is 0.488. The molecule has 31 heavy (non-hydrogen) atoms. The van der Waals surface area contributed by atoms with Crippen LogP contribution in [0.25, 0.3) is 11.1 Å². The summed E-state index contributed by atoms with van der Waals surface area (Å²) in [4.78, 5) is 37.4. The van der Waals surface area contributed by atoms with Gasteiger partial charge in [-0.3, -0.25) is 14.5 Å². The van der Waals surface area contributed by atoms with Crippen LogP contribution in [0.3, 0.4) is 0 Å². The van der Waals surface area contributed by atoms with Crippen molar-refractivity contribution in [2.75, 3.05) is 13.2 Å². The lowest BCUT2D eigenvalue weighted by Gasteiger charge is -2.29. The first-order valence-electron chi connectivity index (χ1n) is 10.6. The van der Waals surface area contributed by atoms with E-state index in [1.54, 1.807) is 0 Å². The van der Waals surface area contributed by atoms with Gasteiger partial charge in [0.2, 0.25) is 5.91 Å². The molecular weight excluding hydrogens is 396 g/mol. The molecule has 1 fully saturated rings. The molecule has 162 valence electrons. The molecular formula is C24H26N2O5. The molecule has 1 saturated carbocycles. The second-order valence-corrected chi connectivity index (χ2v) is 8.25. The summed E-state index contributed by atoms with van der Waals surface area (Å²) in [5.41, 5.74) is 9.98. The Hall–Kier alpha value is -3.35. The van der Waals surface area contributed by atoms with Crippen molar-refractivity contribution in [2.45, 2.75) is 37.6 Å². The number of carbonyl (C=O) groups is 3. The van der Waals surface area contributed by atoms with E-state index >= 15 is 0 Å². The van der Waals surface area contributed by atoms with Crippen molar-refractivity contribution >= 4 is 18.0 Å². The van der Waals surface area contributed by atoms with Crippen molar-refractivity contribution in [2.24, 2.45) is 11.7 Å². The third-order valence-electron chi connectivity index (χ3n) is 6.06. The molecule has 7 heteroatoms. The Balaban J connectivity index is 1.51. The smallest absolute Gasteiger partial charge is 0.410 e. The van der Waals surface area contributed by atoms with Crippen LogP contribution < -0.4 is 5.73 Å². The standard InChI is InChI=1S/C24H26N2O5/c25-23(29)21(11-12-22(27)28)26(13-15-9-10-15)24(30)31-14-20-18-7-3-1-5-16(18)17-6-2-4-8-19(17)20/h1-8,15,20-21H,9-14H2,(H2,25,29)(H,27,28)/t21-/m0/s1. The zero-order chi connectivity index (χ0) is 22.0. The summed E-state index contributed by atoms with van der Waals surface area (Å²) in [6, 6.07) is 15.1. The zero-order valence-electron chi connectivity index (χ0n) is 17.2. The van der Waals surface area contributed by atoms with E-state index in [9.17, 15) is 14.4 Å². The fourth-order valence-electron chi connectivity index (χ4n) is 4.30. The number of nitrogens with two attached hydrogens (primary N) is 1. The highest BCUT2D eigenvalue weighted by Crippen LogP contribution is 2.44. The number of primary amides is 1. The number of nitrogens with zero attached hydrogens (tertiary/aromatic N) is 1. The van der Waals surface area contributed by atoms with Gasteiger partial charge in [-0.05, 0) is 47.4 Å². The number of carboxylic acid groups (broad SMARTS) is 1. The van der Waals surface area contributed by atoms with Gasteiger partial charge < -0.3 is 15.6 Å². The maximum absolute atomic E-state index is 13.0. The summed E-state index contributed by atoms with van der Waals surface area (Å²) in [7, 11) is 0. The highest BCUT2D eigenvalue weighted by atomic mass is 16.6. The summed E-state index contributed by atoms with van der Waals surface area (Å²) >= 11 is 0. The van der Waals surface area contributed by atoms with Crippen LogP contribution in [-0.2, 0) is 14.3 Å². The molecule has 0 aliphatic heterocycles. The van der Waals surface area contributed by atoms with Gasteiger partial charge in [0.25, 0.3) is 0 Å². The first kappa shape index (κ1) is 20.9. The van der Waals surface area contributed by atoms with Crippen LogP contribution in [0.5, 0.6) is 0 Å². The van der Waals surface area contributed by atoms with Gasteiger partial charge in [0, 0.05) is 18.9 Å². The van der Waals surface area contributed by atoms with E-state index in [0.29, 0.717) is 12.5 Å². The number of amides is 2. The molecule has 0 heterocycles. The molecule has 2 aliphatic rings. The first-order valence-corrected chi connectivity index (χ1v) is 10.6. The molecule has 0 aromatic heterocycles. The molecule has 0 bridgehead atoms. The van der Waals surface area contributed by atoms with Crippen molar-refractivity contribution in [1.29, 1.82) is 0 Å². The molecule has 0 unspecified atom stereocenters. The Morgan fingerprint density at radius 3 is 2.13 bits per heavy atom. The molecule has 2 amide bonds. The average molecular weight is 422 g/mol. The van der Waals surface area contributed by atoms with Gasteiger partial charge in [0.1, 0.15) is 12.6 Å². The quantitative estimate of drug-likeness (QED) is 0.644. The maximum Gasteiger partial charge on any atom is 0.410 e. The number of fused-ring (bicyclic) bond motifs is 3. The van der Waals surface area contributed by atoms with E-state index in [4.69, 9.17) is 15.6 Å². The molecule has 2 aromatic rings. The molecule has 0 radical (unpaired) electrons. The van der Waals surface area contributed by atoms with E-state index in [2.05, 4.69) is 12.1 Å². The van der Waals surface area contributed by atoms with Crippen LogP contribution in [0, 0.1) is 5.92 Å². The topological polar surface area (TPSA) is 110 Å². The number of rotatable bonds is 9. The van der Waals surface area contributed by atoms with Gasteiger partial charge in [-0.2, -0.15) is 0 Å². The largest absolute Gasteiger partial charge is 0.481 e. The minimum absolute atomic E-state index is 0.0262. The fourth-order valence-corrected chi connectivity index (χ4v) is 4.30. The molecule has 0 saturated heterocycles. The van der Waals surface area contributed by atoms with Gasteiger partial charge in [0.15, 0.2) is 0 Å². The number of hydrogen-bond acceptors (Lipinski definition) is 4. The highest BCUT2D eigenvalue weighted by molar-refractivity contribution is 5.85. The van der Waals surface area contributed by atoms with Crippen molar-refractivity contribution in [3.63, 3.8) is 0 Å². The fraction of sp³-hybridized carbons (Fsp3) is 0.375. The third-order valence-corrected chi connectivity index (χ3v) is 6.06. The van der Waals surface area contributed by atoms with Crippen molar-refractivity contribution in [3.05, 3.63) is 59.7 Å². The van der Waals surface area contributed by atoms with E-state index in [1.165, 1.54) is 4.90 Å². The van der Waals surface area contributed by atoms with Gasteiger partial charge in [-0.15, -0.1) is 0 Å².